The number of hydrogen-bond donors (Lipinski definition) is 0. The molecule has 0 heterocycles. The summed E-state index contributed by atoms with van der Waals surface area (Å²) < 4.78 is 9.79. The number of carbonyl (C=O) groups is 2. The minimum Gasteiger partial charge on any atom is -0.469 e. The number of esters is 1. The Morgan fingerprint density at radius 2 is 1.62 bits per heavy atom. The molecule has 0 amide bonds. The molecule has 0 radical (unpaired) electrons. The van der Waals surface area contributed by atoms with Crippen molar-refractivity contribution >= 4 is 11.8 Å². The lowest BCUT2D eigenvalue weighted by molar-refractivity contribution is -0.141. The zero-order chi connectivity index (χ0) is 12.2. The molecule has 16 heavy (non-hydrogen) atoms. The van der Waals surface area contributed by atoms with Gasteiger partial charge in [-0.25, -0.2) is 0 Å². The van der Waals surface area contributed by atoms with Crippen molar-refractivity contribution in [3.8, 4) is 0 Å². The first-order chi connectivity index (χ1) is 7.70. The molecule has 0 atom stereocenters. The first-order valence-corrected chi connectivity index (χ1v) is 5.87. The van der Waals surface area contributed by atoms with Crippen molar-refractivity contribution in [3.05, 3.63) is 0 Å². The molecular weight excluding hydrogens is 208 g/mol. The maximum absolute atomic E-state index is 11.1. The second-order valence-corrected chi connectivity index (χ2v) is 3.68. The number of carbonyl (C=O) groups excluding carboxylic acids is 2. The number of hydrogen-bond acceptors (Lipinski definition) is 4. The third-order valence-corrected chi connectivity index (χ3v) is 2.17. The van der Waals surface area contributed by atoms with E-state index >= 15 is 0 Å². The van der Waals surface area contributed by atoms with E-state index in [1.807, 2.05) is 6.92 Å². The van der Waals surface area contributed by atoms with Crippen molar-refractivity contribution in [3.63, 3.8) is 0 Å². The predicted octanol–water partition coefficient (Wildman–Crippen LogP) is 2.11. The minimum absolute atomic E-state index is 0.207. The van der Waals surface area contributed by atoms with Crippen molar-refractivity contribution < 1.29 is 19.1 Å². The van der Waals surface area contributed by atoms with Gasteiger partial charge in [-0.15, -0.1) is 0 Å². The average Bonchev–Trinajstić information content (AvgIpc) is 2.27. The van der Waals surface area contributed by atoms with E-state index in [2.05, 4.69) is 4.74 Å². The Morgan fingerprint density at radius 1 is 1.00 bits per heavy atom. The van der Waals surface area contributed by atoms with Crippen LogP contribution in [-0.2, 0) is 19.1 Å². The molecule has 0 unspecified atom stereocenters. The molecule has 0 rings (SSSR count). The molecule has 0 aliphatic carbocycles. The Morgan fingerprint density at radius 3 is 2.19 bits per heavy atom. The molecule has 0 aliphatic rings. The van der Waals surface area contributed by atoms with Crippen LogP contribution in [0.5, 0.6) is 0 Å². The van der Waals surface area contributed by atoms with Crippen LogP contribution in [0, 0.1) is 0 Å². The molecule has 0 N–H and O–H groups in total. The quantitative estimate of drug-likeness (QED) is 0.426. The fraction of sp³-hybridized carbons (Fsp3) is 0.833. The topological polar surface area (TPSA) is 52.6 Å². The number of methoxy groups -OCH3 is 1. The molecule has 4 nitrogen and oxygen atoms in total. The third-order valence-electron chi connectivity index (χ3n) is 2.17. The summed E-state index contributed by atoms with van der Waals surface area (Å²) in [4.78, 5) is 21.9. The second kappa shape index (κ2) is 10.6. The van der Waals surface area contributed by atoms with Gasteiger partial charge in [0.15, 0.2) is 0 Å². The fourth-order valence-corrected chi connectivity index (χ4v) is 1.30. The van der Waals surface area contributed by atoms with Crippen molar-refractivity contribution in [2.24, 2.45) is 0 Å². The van der Waals surface area contributed by atoms with Crippen LogP contribution in [0.1, 0.15) is 45.4 Å². The van der Waals surface area contributed by atoms with Crippen LogP contribution in [0.25, 0.3) is 0 Å². The van der Waals surface area contributed by atoms with Gasteiger partial charge in [0.2, 0.25) is 0 Å². The third kappa shape index (κ3) is 9.65. The van der Waals surface area contributed by atoms with Gasteiger partial charge >= 0.3 is 5.97 Å². The van der Waals surface area contributed by atoms with Crippen molar-refractivity contribution in [1.82, 2.24) is 0 Å². The van der Waals surface area contributed by atoms with Crippen LogP contribution in [0.2, 0.25) is 0 Å². The molecule has 0 saturated carbocycles. The normalized spacial score (nSPS) is 10.1. The Balaban J connectivity index is 3.15. The van der Waals surface area contributed by atoms with Crippen LogP contribution >= 0.6 is 0 Å². The molecule has 0 aliphatic heterocycles. The summed E-state index contributed by atoms with van der Waals surface area (Å²) in [6.07, 6.45) is 4.03. The van der Waals surface area contributed by atoms with E-state index in [1.54, 1.807) is 0 Å². The molecule has 0 fully saturated rings. The standard InChI is InChI=1S/C12H22O4/c1-3-6-11(13)7-4-9-16-10-5-8-12(14)15-2/h3-10H2,1-2H3. The van der Waals surface area contributed by atoms with Gasteiger partial charge in [-0.3, -0.25) is 9.59 Å². The zero-order valence-electron chi connectivity index (χ0n) is 10.3. The van der Waals surface area contributed by atoms with Gasteiger partial charge in [0.1, 0.15) is 5.78 Å². The maximum Gasteiger partial charge on any atom is 0.305 e. The van der Waals surface area contributed by atoms with Crippen LogP contribution in [0.4, 0.5) is 0 Å². The van der Waals surface area contributed by atoms with Crippen molar-refractivity contribution in [2.45, 2.75) is 45.4 Å². The van der Waals surface area contributed by atoms with E-state index in [0.29, 0.717) is 44.7 Å². The van der Waals surface area contributed by atoms with Crippen LogP contribution < -0.4 is 0 Å². The first kappa shape index (κ1) is 15.1. The monoisotopic (exact) mass is 230 g/mol. The molecular formula is C12H22O4. The molecule has 0 aromatic carbocycles. The number of ether oxygens (including phenoxy) is 2. The maximum atomic E-state index is 11.1. The van der Waals surface area contributed by atoms with E-state index in [0.717, 1.165) is 12.8 Å². The van der Waals surface area contributed by atoms with Gasteiger partial charge in [-0.05, 0) is 19.3 Å². The van der Waals surface area contributed by atoms with E-state index in [4.69, 9.17) is 4.74 Å². The lowest BCUT2D eigenvalue weighted by atomic mass is 10.1. The van der Waals surface area contributed by atoms with Crippen molar-refractivity contribution in [1.29, 1.82) is 0 Å². The summed E-state index contributed by atoms with van der Waals surface area (Å²) >= 11 is 0. The Kier molecular flexibility index (Phi) is 10.0. The highest BCUT2D eigenvalue weighted by atomic mass is 16.5. The summed E-state index contributed by atoms with van der Waals surface area (Å²) in [5.41, 5.74) is 0. The van der Waals surface area contributed by atoms with E-state index in [-0.39, 0.29) is 5.97 Å². The fourth-order valence-electron chi connectivity index (χ4n) is 1.30. The minimum atomic E-state index is -0.207. The SMILES string of the molecule is CCCC(=O)CCCOCCCC(=O)OC. The van der Waals surface area contributed by atoms with Gasteiger partial charge < -0.3 is 9.47 Å². The van der Waals surface area contributed by atoms with Gasteiger partial charge in [-0.2, -0.15) is 0 Å². The Hall–Kier alpha value is -0.900. The van der Waals surface area contributed by atoms with Crippen molar-refractivity contribution in [2.75, 3.05) is 20.3 Å². The van der Waals surface area contributed by atoms with E-state index in [1.165, 1.54) is 7.11 Å². The number of ketones is 1. The molecule has 94 valence electrons. The highest BCUT2D eigenvalue weighted by Gasteiger charge is 2.01. The molecule has 0 aromatic heterocycles. The summed E-state index contributed by atoms with van der Waals surface area (Å²) in [6, 6.07) is 0. The zero-order valence-corrected chi connectivity index (χ0v) is 10.3. The number of Topliss-reactive ketones (excluding diaryl/α,β-unsaturated/α-hetero) is 1. The first-order valence-electron chi connectivity index (χ1n) is 5.87. The molecule has 0 bridgehead atoms. The van der Waals surface area contributed by atoms with Gasteiger partial charge in [0.05, 0.1) is 7.11 Å². The smallest absolute Gasteiger partial charge is 0.305 e. The highest BCUT2D eigenvalue weighted by Crippen LogP contribution is 1.99. The lowest BCUT2D eigenvalue weighted by Crippen LogP contribution is -2.05. The molecule has 0 aromatic rings. The largest absolute Gasteiger partial charge is 0.469 e. The Bertz CT molecular complexity index is 201. The summed E-state index contributed by atoms with van der Waals surface area (Å²) in [5, 5.41) is 0. The summed E-state index contributed by atoms with van der Waals surface area (Å²) in [6.45, 7) is 3.15. The van der Waals surface area contributed by atoms with Crippen LogP contribution in [0.15, 0.2) is 0 Å². The van der Waals surface area contributed by atoms with Gasteiger partial charge in [0.25, 0.3) is 0 Å². The average molecular weight is 230 g/mol. The Labute approximate surface area is 97.3 Å². The lowest BCUT2D eigenvalue weighted by Gasteiger charge is -2.03. The van der Waals surface area contributed by atoms with Gasteiger partial charge in [0, 0.05) is 32.5 Å². The van der Waals surface area contributed by atoms with Gasteiger partial charge in [-0.1, -0.05) is 6.92 Å². The molecule has 4 heteroatoms. The molecule has 0 saturated heterocycles. The second-order valence-electron chi connectivity index (χ2n) is 3.68. The summed E-state index contributed by atoms with van der Waals surface area (Å²) in [7, 11) is 1.38. The van der Waals surface area contributed by atoms with Crippen LogP contribution in [-0.4, -0.2) is 32.1 Å². The number of rotatable bonds is 10. The summed E-state index contributed by atoms with van der Waals surface area (Å²) in [5.74, 6) is 0.0994. The predicted molar refractivity (Wildman–Crippen MR) is 61.2 cm³/mol. The van der Waals surface area contributed by atoms with E-state index in [9.17, 15) is 9.59 Å². The highest BCUT2D eigenvalue weighted by molar-refractivity contribution is 5.78. The van der Waals surface area contributed by atoms with Crippen LogP contribution in [0.3, 0.4) is 0 Å². The van der Waals surface area contributed by atoms with E-state index < -0.39 is 0 Å². The molecule has 0 spiro atoms.